The first-order valence-electron chi connectivity index (χ1n) is 7.09. The lowest BCUT2D eigenvalue weighted by molar-refractivity contribution is 1.12. The lowest BCUT2D eigenvalue weighted by Crippen LogP contribution is -1.86. The van der Waals surface area contributed by atoms with Crippen LogP contribution in [-0.2, 0) is 12.8 Å². The molecule has 0 N–H and O–H groups in total. The normalized spacial score (nSPS) is 11.6. The van der Waals surface area contributed by atoms with E-state index >= 15 is 0 Å². The second-order valence-corrected chi connectivity index (χ2v) is 6.44. The zero-order valence-corrected chi connectivity index (χ0v) is 12.9. The molecule has 0 unspecified atom stereocenters. The molecule has 19 heavy (non-hydrogen) atoms. The molecule has 0 saturated heterocycles. The summed E-state index contributed by atoms with van der Waals surface area (Å²) >= 11 is 1.94. The third-order valence-electron chi connectivity index (χ3n) is 4.15. The van der Waals surface area contributed by atoms with E-state index in [1.807, 2.05) is 11.3 Å². The topological polar surface area (TPSA) is 0 Å². The molecular weight excluding hydrogens is 248 g/mol. The Hall–Kier alpha value is -1.34. The van der Waals surface area contributed by atoms with E-state index in [0.717, 1.165) is 12.8 Å². The largest absolute Gasteiger partial charge is 0.135 e. The summed E-state index contributed by atoms with van der Waals surface area (Å²) in [5.41, 5.74) is 5.80. The van der Waals surface area contributed by atoms with E-state index in [1.165, 1.54) is 42.4 Å². The molecule has 0 amide bonds. The van der Waals surface area contributed by atoms with Crippen molar-refractivity contribution in [2.45, 2.75) is 40.5 Å². The molecule has 3 rings (SSSR count). The molecule has 0 radical (unpaired) electrons. The third kappa shape index (κ3) is 1.97. The van der Waals surface area contributed by atoms with Gasteiger partial charge in [0.05, 0.1) is 0 Å². The quantitative estimate of drug-likeness (QED) is 0.551. The number of fused-ring (bicyclic) bond motifs is 3. The van der Waals surface area contributed by atoms with Gasteiger partial charge in [-0.1, -0.05) is 13.8 Å². The molecule has 2 aromatic carbocycles. The Kier molecular flexibility index (Phi) is 3.10. The van der Waals surface area contributed by atoms with Crippen molar-refractivity contribution in [3.63, 3.8) is 0 Å². The van der Waals surface area contributed by atoms with Crippen molar-refractivity contribution in [3.8, 4) is 0 Å². The van der Waals surface area contributed by atoms with Crippen LogP contribution in [0, 0.1) is 13.8 Å². The van der Waals surface area contributed by atoms with Gasteiger partial charge in [-0.15, -0.1) is 11.3 Å². The van der Waals surface area contributed by atoms with Crippen molar-refractivity contribution in [1.82, 2.24) is 0 Å². The van der Waals surface area contributed by atoms with Crippen molar-refractivity contribution >= 4 is 31.5 Å². The molecule has 1 aromatic heterocycles. The predicted molar refractivity (Wildman–Crippen MR) is 87.6 cm³/mol. The van der Waals surface area contributed by atoms with E-state index in [0.29, 0.717) is 0 Å². The summed E-state index contributed by atoms with van der Waals surface area (Å²) < 4.78 is 2.87. The number of hydrogen-bond donors (Lipinski definition) is 0. The number of benzene rings is 2. The molecule has 1 heterocycles. The van der Waals surface area contributed by atoms with Gasteiger partial charge in [0.15, 0.2) is 0 Å². The van der Waals surface area contributed by atoms with Crippen LogP contribution in [0.5, 0.6) is 0 Å². The van der Waals surface area contributed by atoms with Crippen molar-refractivity contribution < 1.29 is 0 Å². The molecule has 98 valence electrons. The highest BCUT2D eigenvalue weighted by Gasteiger charge is 2.09. The van der Waals surface area contributed by atoms with Gasteiger partial charge >= 0.3 is 0 Å². The van der Waals surface area contributed by atoms with Crippen LogP contribution in [0.2, 0.25) is 0 Å². The van der Waals surface area contributed by atoms with Gasteiger partial charge in [-0.2, -0.15) is 0 Å². The van der Waals surface area contributed by atoms with E-state index in [-0.39, 0.29) is 0 Å². The first-order valence-corrected chi connectivity index (χ1v) is 7.91. The van der Waals surface area contributed by atoms with Crippen LogP contribution in [0.25, 0.3) is 20.2 Å². The van der Waals surface area contributed by atoms with Gasteiger partial charge < -0.3 is 0 Å². The third-order valence-corrected chi connectivity index (χ3v) is 5.26. The molecular formula is C18H20S. The van der Waals surface area contributed by atoms with Gasteiger partial charge in [0.1, 0.15) is 0 Å². The van der Waals surface area contributed by atoms with Gasteiger partial charge in [-0.05, 0) is 73.2 Å². The summed E-state index contributed by atoms with van der Waals surface area (Å²) in [6.45, 7) is 8.94. The van der Waals surface area contributed by atoms with Crippen LogP contribution in [0.1, 0.15) is 36.1 Å². The minimum Gasteiger partial charge on any atom is -0.135 e. The summed E-state index contributed by atoms with van der Waals surface area (Å²) in [6.07, 6.45) is 2.24. The zero-order valence-electron chi connectivity index (χ0n) is 12.1. The van der Waals surface area contributed by atoms with Gasteiger partial charge in [0.25, 0.3) is 0 Å². The highest BCUT2D eigenvalue weighted by molar-refractivity contribution is 7.25. The lowest BCUT2D eigenvalue weighted by Gasteiger charge is -2.04. The maximum absolute atomic E-state index is 2.39. The van der Waals surface area contributed by atoms with E-state index < -0.39 is 0 Å². The molecule has 0 saturated carbocycles. The fourth-order valence-electron chi connectivity index (χ4n) is 2.93. The SMILES string of the molecule is CCc1cc2sc3cc(CC)c(C)cc3c2cc1C. The summed E-state index contributed by atoms with van der Waals surface area (Å²) in [5, 5.41) is 2.86. The highest BCUT2D eigenvalue weighted by atomic mass is 32.1. The molecule has 3 aromatic rings. The molecule has 0 aliphatic rings. The van der Waals surface area contributed by atoms with Gasteiger partial charge in [-0.3, -0.25) is 0 Å². The van der Waals surface area contributed by atoms with Crippen molar-refractivity contribution in [2.75, 3.05) is 0 Å². The Morgan fingerprint density at radius 2 is 1.16 bits per heavy atom. The van der Waals surface area contributed by atoms with Crippen molar-refractivity contribution in [3.05, 3.63) is 46.5 Å². The van der Waals surface area contributed by atoms with Crippen LogP contribution < -0.4 is 0 Å². The van der Waals surface area contributed by atoms with E-state index in [9.17, 15) is 0 Å². The standard InChI is InChI=1S/C18H20S/c1-5-13-9-17-15(7-11(13)3)16-8-12(4)14(6-2)10-18(16)19-17/h7-10H,5-6H2,1-4H3. The maximum Gasteiger partial charge on any atom is 0.0358 e. The second kappa shape index (κ2) is 4.64. The van der Waals surface area contributed by atoms with E-state index in [2.05, 4.69) is 52.0 Å². The minimum absolute atomic E-state index is 1.12. The summed E-state index contributed by atoms with van der Waals surface area (Å²) in [7, 11) is 0. The van der Waals surface area contributed by atoms with Crippen LogP contribution in [0.15, 0.2) is 24.3 Å². The van der Waals surface area contributed by atoms with E-state index in [4.69, 9.17) is 0 Å². The Morgan fingerprint density at radius 3 is 1.53 bits per heavy atom. The second-order valence-electron chi connectivity index (χ2n) is 5.36. The van der Waals surface area contributed by atoms with Crippen molar-refractivity contribution in [2.24, 2.45) is 0 Å². The molecule has 0 atom stereocenters. The maximum atomic E-state index is 2.39. The molecule has 0 spiro atoms. The average molecular weight is 268 g/mol. The summed E-state index contributed by atoms with van der Waals surface area (Å²) in [5.74, 6) is 0. The molecule has 0 nitrogen and oxygen atoms in total. The van der Waals surface area contributed by atoms with Crippen LogP contribution >= 0.6 is 11.3 Å². The van der Waals surface area contributed by atoms with Gasteiger partial charge in [-0.25, -0.2) is 0 Å². The number of aryl methyl sites for hydroxylation is 4. The fourth-order valence-corrected chi connectivity index (χ4v) is 4.13. The molecule has 0 bridgehead atoms. The van der Waals surface area contributed by atoms with Crippen molar-refractivity contribution in [1.29, 1.82) is 0 Å². The number of hydrogen-bond acceptors (Lipinski definition) is 1. The Labute approximate surface area is 119 Å². The summed E-state index contributed by atoms with van der Waals surface area (Å²) in [6, 6.07) is 9.52. The predicted octanol–water partition coefficient (Wildman–Crippen LogP) is 5.80. The fraction of sp³-hybridized carbons (Fsp3) is 0.333. The van der Waals surface area contributed by atoms with Crippen LogP contribution in [-0.4, -0.2) is 0 Å². The first kappa shape index (κ1) is 12.7. The van der Waals surface area contributed by atoms with Crippen LogP contribution in [0.4, 0.5) is 0 Å². The smallest absolute Gasteiger partial charge is 0.0358 e. The minimum atomic E-state index is 1.12. The zero-order chi connectivity index (χ0) is 13.6. The van der Waals surface area contributed by atoms with Gasteiger partial charge in [0.2, 0.25) is 0 Å². The monoisotopic (exact) mass is 268 g/mol. The van der Waals surface area contributed by atoms with Gasteiger partial charge in [0, 0.05) is 20.2 Å². The Bertz CT molecular complexity index is 698. The van der Waals surface area contributed by atoms with Crippen LogP contribution in [0.3, 0.4) is 0 Å². The molecule has 0 aliphatic heterocycles. The number of thiophene rings is 1. The first-order chi connectivity index (χ1) is 9.13. The lowest BCUT2D eigenvalue weighted by atomic mass is 10.00. The highest BCUT2D eigenvalue weighted by Crippen LogP contribution is 2.37. The molecule has 0 fully saturated rings. The Balaban J connectivity index is 2.39. The van der Waals surface area contributed by atoms with E-state index in [1.54, 1.807) is 0 Å². The Morgan fingerprint density at radius 1 is 0.737 bits per heavy atom. The molecule has 1 heteroatoms. The summed E-state index contributed by atoms with van der Waals surface area (Å²) in [4.78, 5) is 0. The number of rotatable bonds is 2. The molecule has 0 aliphatic carbocycles. The average Bonchev–Trinajstić information content (AvgIpc) is 2.73.